The highest BCUT2D eigenvalue weighted by atomic mass is 19.4. The second kappa shape index (κ2) is 5.97. The summed E-state index contributed by atoms with van der Waals surface area (Å²) in [6, 6.07) is 3.99. The highest BCUT2D eigenvalue weighted by Crippen LogP contribution is 2.46. The first-order valence-corrected chi connectivity index (χ1v) is 7.70. The Morgan fingerprint density at radius 1 is 1.12 bits per heavy atom. The molecule has 2 aliphatic carbocycles. The van der Waals surface area contributed by atoms with E-state index in [9.17, 15) is 22.8 Å². The van der Waals surface area contributed by atoms with Crippen molar-refractivity contribution in [3.63, 3.8) is 0 Å². The van der Waals surface area contributed by atoms with Crippen LogP contribution in [0.5, 0.6) is 5.75 Å². The van der Waals surface area contributed by atoms with Gasteiger partial charge in [0.05, 0.1) is 0 Å². The van der Waals surface area contributed by atoms with Crippen molar-refractivity contribution in [2.24, 2.45) is 11.8 Å². The number of hydrogen-bond acceptors (Lipinski definition) is 3. The summed E-state index contributed by atoms with van der Waals surface area (Å²) in [6.07, 6.45) is -3.14. The van der Waals surface area contributed by atoms with Crippen LogP contribution in [-0.2, 0) is 9.59 Å². The zero-order valence-electron chi connectivity index (χ0n) is 12.9. The minimum atomic E-state index is -4.91. The van der Waals surface area contributed by atoms with Gasteiger partial charge in [0.1, 0.15) is 11.7 Å². The fourth-order valence-corrected chi connectivity index (χ4v) is 3.62. The van der Waals surface area contributed by atoms with E-state index in [1.54, 1.807) is 6.92 Å². The average Bonchev–Trinajstić information content (AvgIpc) is 2.93. The second-order valence-corrected chi connectivity index (χ2v) is 6.12. The van der Waals surface area contributed by atoms with Gasteiger partial charge in [0, 0.05) is 23.0 Å². The van der Waals surface area contributed by atoms with E-state index in [0.717, 1.165) is 6.07 Å². The van der Waals surface area contributed by atoms with Crippen molar-refractivity contribution >= 4 is 11.6 Å². The number of rotatable bonds is 2. The average molecular weight is 336 g/mol. The number of alkyl halides is 3. The molecule has 0 aromatic heterocycles. The van der Waals surface area contributed by atoms with Crippen molar-refractivity contribution in [1.82, 2.24) is 0 Å². The Bertz CT molecular complexity index is 733. The van der Waals surface area contributed by atoms with E-state index in [1.165, 1.54) is 12.1 Å². The van der Waals surface area contributed by atoms with Gasteiger partial charge in [0.25, 0.3) is 0 Å². The number of fused-ring (bicyclic) bond motifs is 2. The van der Waals surface area contributed by atoms with Crippen LogP contribution in [0.1, 0.15) is 43.2 Å². The second-order valence-electron chi connectivity index (χ2n) is 6.12. The van der Waals surface area contributed by atoms with Crippen LogP contribution in [0.25, 0.3) is 0 Å². The lowest BCUT2D eigenvalue weighted by Gasteiger charge is -2.27. The Kier molecular flexibility index (Phi) is 4.12. The first kappa shape index (κ1) is 16.6. The van der Waals surface area contributed by atoms with Crippen LogP contribution in [0.15, 0.2) is 18.2 Å². The fraction of sp³-hybridized carbons (Fsp3) is 0.444. The summed E-state index contributed by atoms with van der Waals surface area (Å²) in [4.78, 5) is 25.1. The molecule has 2 aliphatic rings. The van der Waals surface area contributed by atoms with Gasteiger partial charge in [-0.15, -0.1) is 19.1 Å². The van der Waals surface area contributed by atoms with E-state index >= 15 is 0 Å². The van der Waals surface area contributed by atoms with Crippen LogP contribution in [0.2, 0.25) is 0 Å². The highest BCUT2D eigenvalue weighted by molar-refractivity contribution is 6.12. The molecule has 0 N–H and O–H groups in total. The molecule has 0 saturated heterocycles. The molecule has 1 aromatic carbocycles. The van der Waals surface area contributed by atoms with Crippen LogP contribution < -0.4 is 4.74 Å². The molecule has 0 spiro atoms. The van der Waals surface area contributed by atoms with Crippen LogP contribution >= 0.6 is 0 Å². The predicted molar refractivity (Wildman–Crippen MR) is 79.3 cm³/mol. The number of halogens is 3. The minimum Gasteiger partial charge on any atom is -0.405 e. The molecule has 1 aromatic rings. The number of carbonyl (C=O) groups excluding carboxylic acids is 2. The molecule has 2 saturated carbocycles. The highest BCUT2D eigenvalue weighted by Gasteiger charge is 2.48. The summed E-state index contributed by atoms with van der Waals surface area (Å²) in [6.45, 7) is 1.56. The summed E-state index contributed by atoms with van der Waals surface area (Å²) in [5.74, 6) is 2.48. The number of carbonyl (C=O) groups is 2. The maximum Gasteiger partial charge on any atom is 0.573 e. The predicted octanol–water partition coefficient (Wildman–Crippen LogP) is 3.61. The third-order valence-electron chi connectivity index (χ3n) is 4.63. The number of ketones is 2. The normalized spacial score (nSPS) is 26.1. The van der Waals surface area contributed by atoms with Gasteiger partial charge >= 0.3 is 6.36 Å². The SMILES string of the molecule is CC#Cc1ccc(C2C(=O)C3CCC(C3)C2=O)c(OC(F)(F)F)c1. The van der Waals surface area contributed by atoms with Crippen molar-refractivity contribution in [1.29, 1.82) is 0 Å². The lowest BCUT2D eigenvalue weighted by Crippen LogP contribution is -2.35. The maximum atomic E-state index is 12.7. The maximum absolute atomic E-state index is 12.7. The van der Waals surface area contributed by atoms with Crippen molar-refractivity contribution in [3.8, 4) is 17.6 Å². The molecule has 6 heteroatoms. The van der Waals surface area contributed by atoms with Gasteiger partial charge in [-0.05, 0) is 38.3 Å². The Labute approximate surface area is 137 Å². The van der Waals surface area contributed by atoms with Gasteiger partial charge in [-0.25, -0.2) is 0 Å². The Balaban J connectivity index is 2.06. The van der Waals surface area contributed by atoms with Gasteiger partial charge in [0.2, 0.25) is 0 Å². The van der Waals surface area contributed by atoms with Gasteiger partial charge in [-0.3, -0.25) is 9.59 Å². The fourth-order valence-electron chi connectivity index (χ4n) is 3.62. The lowest BCUT2D eigenvalue weighted by atomic mass is 9.75. The summed E-state index contributed by atoms with van der Waals surface area (Å²) in [5.41, 5.74) is 0.319. The monoisotopic (exact) mass is 336 g/mol. The molecule has 0 amide bonds. The molecule has 0 radical (unpaired) electrons. The standard InChI is InChI=1S/C18H15F3O3/c1-2-3-10-4-7-13(14(8-10)24-18(19,20)21)15-16(22)11-5-6-12(9-11)17(15)23/h4,7-8,11-12,15H,5-6,9H2,1H3. The van der Waals surface area contributed by atoms with E-state index in [4.69, 9.17) is 0 Å². The molecule has 126 valence electrons. The molecular formula is C18H15F3O3. The number of benzene rings is 1. The van der Waals surface area contributed by atoms with Crippen molar-refractivity contribution in [2.45, 2.75) is 38.5 Å². The molecule has 3 nitrogen and oxygen atoms in total. The van der Waals surface area contributed by atoms with Gasteiger partial charge < -0.3 is 4.74 Å². The quantitative estimate of drug-likeness (QED) is 0.612. The van der Waals surface area contributed by atoms with E-state index < -0.39 is 18.0 Å². The Morgan fingerprint density at radius 2 is 1.75 bits per heavy atom. The molecule has 3 rings (SSSR count). The summed E-state index contributed by atoms with van der Waals surface area (Å²) in [5, 5.41) is 0. The molecule has 2 bridgehead atoms. The van der Waals surface area contributed by atoms with Gasteiger partial charge in [-0.1, -0.05) is 12.0 Å². The van der Waals surface area contributed by atoms with Gasteiger partial charge in [0.15, 0.2) is 11.6 Å². The van der Waals surface area contributed by atoms with Crippen molar-refractivity contribution in [3.05, 3.63) is 29.3 Å². The van der Waals surface area contributed by atoms with Crippen LogP contribution in [0, 0.1) is 23.7 Å². The first-order valence-electron chi connectivity index (χ1n) is 7.70. The van der Waals surface area contributed by atoms with Crippen molar-refractivity contribution in [2.75, 3.05) is 0 Å². The number of hydrogen-bond donors (Lipinski definition) is 0. The molecule has 0 aliphatic heterocycles. The molecule has 2 unspecified atom stereocenters. The Morgan fingerprint density at radius 3 is 2.29 bits per heavy atom. The zero-order chi connectivity index (χ0) is 17.5. The zero-order valence-corrected chi connectivity index (χ0v) is 12.9. The molecule has 0 heterocycles. The van der Waals surface area contributed by atoms with Crippen LogP contribution in [-0.4, -0.2) is 17.9 Å². The first-order chi connectivity index (χ1) is 11.3. The van der Waals surface area contributed by atoms with E-state index in [1.807, 2.05) is 0 Å². The minimum absolute atomic E-state index is 0.0134. The van der Waals surface area contributed by atoms with E-state index in [0.29, 0.717) is 24.8 Å². The number of Topliss-reactive ketones (excluding diaryl/α,β-unsaturated/α-hetero) is 2. The summed E-state index contributed by atoms with van der Waals surface area (Å²) >= 11 is 0. The summed E-state index contributed by atoms with van der Waals surface area (Å²) in [7, 11) is 0. The van der Waals surface area contributed by atoms with Crippen LogP contribution in [0.3, 0.4) is 0 Å². The smallest absolute Gasteiger partial charge is 0.405 e. The molecule has 2 atom stereocenters. The van der Waals surface area contributed by atoms with E-state index in [2.05, 4.69) is 16.6 Å². The topological polar surface area (TPSA) is 43.4 Å². The Hall–Kier alpha value is -2.29. The largest absolute Gasteiger partial charge is 0.573 e. The van der Waals surface area contributed by atoms with E-state index in [-0.39, 0.29) is 29.0 Å². The number of ether oxygens (including phenoxy) is 1. The van der Waals surface area contributed by atoms with Gasteiger partial charge in [-0.2, -0.15) is 0 Å². The lowest BCUT2D eigenvalue weighted by molar-refractivity contribution is -0.275. The third-order valence-corrected chi connectivity index (χ3v) is 4.63. The van der Waals surface area contributed by atoms with Crippen molar-refractivity contribution < 1.29 is 27.5 Å². The molecular weight excluding hydrogens is 321 g/mol. The van der Waals surface area contributed by atoms with Crippen LogP contribution in [0.4, 0.5) is 13.2 Å². The molecule has 2 fully saturated rings. The summed E-state index contributed by atoms with van der Waals surface area (Å²) < 4.78 is 42.3. The third kappa shape index (κ3) is 3.03. The molecule has 24 heavy (non-hydrogen) atoms.